The Hall–Kier alpha value is -1.10. The van der Waals surface area contributed by atoms with Crippen molar-refractivity contribution in [2.24, 2.45) is 17.8 Å². The first-order chi connectivity index (χ1) is 12.1. The van der Waals surface area contributed by atoms with Crippen LogP contribution in [0, 0.1) is 17.8 Å². The van der Waals surface area contributed by atoms with E-state index in [0.29, 0.717) is 0 Å². The van der Waals surface area contributed by atoms with E-state index in [1.165, 1.54) is 44.9 Å². The third-order valence-electron chi connectivity index (χ3n) is 7.25. The molecule has 0 aromatic heterocycles. The summed E-state index contributed by atoms with van der Waals surface area (Å²) in [7, 11) is 0. The van der Waals surface area contributed by atoms with Crippen LogP contribution >= 0.6 is 0 Å². The SMILES string of the molecule is F[C@@H]1CN(C2C=CC=C(NC34CCC5CC(CC(C5)C3)C4)N2)C[C@@H]1F. The zero-order valence-corrected chi connectivity index (χ0v) is 14.8. The molecule has 5 fully saturated rings. The van der Waals surface area contributed by atoms with Crippen molar-refractivity contribution in [1.82, 2.24) is 15.5 Å². The van der Waals surface area contributed by atoms with Gasteiger partial charge in [0.15, 0.2) is 0 Å². The minimum absolute atomic E-state index is 0.110. The number of hydrogen-bond donors (Lipinski definition) is 2. The summed E-state index contributed by atoms with van der Waals surface area (Å²) in [5.74, 6) is 3.76. The lowest BCUT2D eigenvalue weighted by molar-refractivity contribution is 0.0981. The fraction of sp³-hybridized carbons (Fsp3) is 0.800. The van der Waals surface area contributed by atoms with E-state index in [1.54, 1.807) is 0 Å². The number of likely N-dealkylation sites (tertiary alicyclic amines) is 1. The van der Waals surface area contributed by atoms with E-state index in [1.807, 2.05) is 17.1 Å². The maximum atomic E-state index is 13.6. The molecule has 0 radical (unpaired) electrons. The highest BCUT2D eigenvalue weighted by Gasteiger charge is 2.48. The molecule has 6 rings (SSSR count). The molecular formula is C20H29F2N3. The summed E-state index contributed by atoms with van der Waals surface area (Å²) in [6.07, 6.45) is 12.8. The first-order valence-electron chi connectivity index (χ1n) is 10.0. The molecule has 3 unspecified atom stereocenters. The molecular weight excluding hydrogens is 320 g/mol. The molecule has 4 saturated carbocycles. The minimum atomic E-state index is -1.36. The van der Waals surface area contributed by atoms with Crippen LogP contribution in [0.15, 0.2) is 24.0 Å². The Morgan fingerprint density at radius 1 is 1.04 bits per heavy atom. The number of alkyl halides is 2. The molecule has 25 heavy (non-hydrogen) atoms. The number of allylic oxidation sites excluding steroid dienone is 2. The van der Waals surface area contributed by atoms with Crippen molar-refractivity contribution in [2.75, 3.05) is 13.1 Å². The number of nitrogens with zero attached hydrogens (tertiary/aromatic N) is 1. The molecule has 138 valence electrons. The molecule has 4 bridgehead atoms. The van der Waals surface area contributed by atoms with Crippen LogP contribution in [0.5, 0.6) is 0 Å². The Morgan fingerprint density at radius 3 is 2.44 bits per heavy atom. The summed E-state index contributed by atoms with van der Waals surface area (Å²) < 4.78 is 27.1. The van der Waals surface area contributed by atoms with Crippen molar-refractivity contribution in [3.8, 4) is 0 Å². The summed E-state index contributed by atoms with van der Waals surface area (Å²) in [6, 6.07) is 0. The number of halogens is 2. The highest BCUT2D eigenvalue weighted by Crippen LogP contribution is 2.53. The Labute approximate surface area is 148 Å². The number of rotatable bonds is 3. The molecule has 6 aliphatic rings. The van der Waals surface area contributed by atoms with E-state index >= 15 is 0 Å². The number of dihydropyridines is 1. The van der Waals surface area contributed by atoms with E-state index < -0.39 is 12.3 Å². The van der Waals surface area contributed by atoms with Crippen molar-refractivity contribution in [3.05, 3.63) is 24.0 Å². The second kappa shape index (κ2) is 5.97. The van der Waals surface area contributed by atoms with Gasteiger partial charge in [-0.1, -0.05) is 6.08 Å². The fourth-order valence-electron chi connectivity index (χ4n) is 6.38. The Bertz CT molecular complexity index is 565. The zero-order valence-electron chi connectivity index (χ0n) is 14.8. The predicted molar refractivity (Wildman–Crippen MR) is 94.2 cm³/mol. The molecule has 5 heteroatoms. The fourth-order valence-corrected chi connectivity index (χ4v) is 6.38. The van der Waals surface area contributed by atoms with Gasteiger partial charge in [0, 0.05) is 18.6 Å². The van der Waals surface area contributed by atoms with Gasteiger partial charge in [-0.2, -0.15) is 0 Å². The molecule has 0 amide bonds. The van der Waals surface area contributed by atoms with Crippen molar-refractivity contribution in [2.45, 2.75) is 69.0 Å². The van der Waals surface area contributed by atoms with Crippen LogP contribution in [0.3, 0.4) is 0 Å². The second-order valence-electron chi connectivity index (χ2n) is 9.20. The highest BCUT2D eigenvalue weighted by atomic mass is 19.2. The van der Waals surface area contributed by atoms with E-state index in [0.717, 1.165) is 23.6 Å². The topological polar surface area (TPSA) is 27.3 Å². The van der Waals surface area contributed by atoms with Crippen LogP contribution in [0.2, 0.25) is 0 Å². The van der Waals surface area contributed by atoms with E-state index in [2.05, 4.69) is 16.7 Å². The van der Waals surface area contributed by atoms with Crippen LogP contribution in [-0.4, -0.2) is 42.0 Å². The summed E-state index contributed by atoms with van der Waals surface area (Å²) in [5, 5.41) is 7.35. The maximum Gasteiger partial charge on any atom is 0.145 e. The number of fused-ring (bicyclic) bond motifs is 1. The molecule has 2 heterocycles. The van der Waals surface area contributed by atoms with Gasteiger partial charge in [0.05, 0.1) is 0 Å². The first kappa shape index (κ1) is 16.1. The molecule has 0 spiro atoms. The second-order valence-corrected chi connectivity index (χ2v) is 9.20. The molecule has 3 nitrogen and oxygen atoms in total. The third-order valence-corrected chi connectivity index (χ3v) is 7.25. The zero-order chi connectivity index (χ0) is 17.0. The average molecular weight is 349 g/mol. The van der Waals surface area contributed by atoms with Crippen molar-refractivity contribution >= 4 is 0 Å². The van der Waals surface area contributed by atoms with Crippen molar-refractivity contribution in [3.63, 3.8) is 0 Å². The van der Waals surface area contributed by atoms with Crippen LogP contribution in [0.1, 0.15) is 44.9 Å². The Kier molecular flexibility index (Phi) is 3.84. The van der Waals surface area contributed by atoms with Crippen LogP contribution < -0.4 is 10.6 Å². The van der Waals surface area contributed by atoms with Gasteiger partial charge in [0.25, 0.3) is 0 Å². The molecule has 0 aromatic carbocycles. The molecule has 5 atom stereocenters. The van der Waals surface area contributed by atoms with Gasteiger partial charge in [0.2, 0.25) is 0 Å². The standard InChI is InChI=1S/C20H29F2N3/c21-16-11-25(12-17(16)22)19-3-1-2-18(23-19)24-20-5-4-13-6-14(9-20)8-15(7-13)10-20/h1-3,13-17,19,23-24H,4-12H2/t13?,14?,15?,16-,17+,19?,20?. The minimum Gasteiger partial charge on any atom is -0.366 e. The average Bonchev–Trinajstić information content (AvgIpc) is 2.79. The summed E-state index contributed by atoms with van der Waals surface area (Å²) in [4.78, 5) is 1.87. The third kappa shape index (κ3) is 2.98. The maximum absolute atomic E-state index is 13.6. The van der Waals surface area contributed by atoms with E-state index in [4.69, 9.17) is 0 Å². The summed E-state index contributed by atoms with van der Waals surface area (Å²) in [5.41, 5.74) is 0.226. The largest absolute Gasteiger partial charge is 0.366 e. The first-order valence-corrected chi connectivity index (χ1v) is 10.0. The van der Waals surface area contributed by atoms with Gasteiger partial charge < -0.3 is 10.6 Å². The van der Waals surface area contributed by atoms with Gasteiger partial charge in [0.1, 0.15) is 24.3 Å². The van der Waals surface area contributed by atoms with Gasteiger partial charge in [-0.25, -0.2) is 8.78 Å². The van der Waals surface area contributed by atoms with Crippen LogP contribution in [-0.2, 0) is 0 Å². The van der Waals surface area contributed by atoms with Gasteiger partial charge in [-0.05, 0) is 74.9 Å². The van der Waals surface area contributed by atoms with E-state index in [9.17, 15) is 8.78 Å². The van der Waals surface area contributed by atoms with Crippen molar-refractivity contribution in [1.29, 1.82) is 0 Å². The lowest BCUT2D eigenvalue weighted by atomic mass is 9.65. The summed E-state index contributed by atoms with van der Waals surface area (Å²) >= 11 is 0. The van der Waals surface area contributed by atoms with Gasteiger partial charge in [-0.3, -0.25) is 4.90 Å². The van der Waals surface area contributed by atoms with Crippen molar-refractivity contribution < 1.29 is 8.78 Å². The monoisotopic (exact) mass is 349 g/mol. The van der Waals surface area contributed by atoms with Gasteiger partial charge >= 0.3 is 0 Å². The van der Waals surface area contributed by atoms with Crippen LogP contribution in [0.25, 0.3) is 0 Å². The molecule has 0 aromatic rings. The Morgan fingerprint density at radius 2 is 1.72 bits per heavy atom. The Balaban J connectivity index is 1.28. The smallest absolute Gasteiger partial charge is 0.145 e. The number of nitrogens with one attached hydrogen (secondary N) is 2. The molecule has 4 aliphatic carbocycles. The lowest BCUT2D eigenvalue weighted by Crippen LogP contribution is -2.55. The molecule has 2 N–H and O–H groups in total. The summed E-state index contributed by atoms with van der Waals surface area (Å²) in [6.45, 7) is 0.348. The highest BCUT2D eigenvalue weighted by molar-refractivity contribution is 5.21. The quantitative estimate of drug-likeness (QED) is 0.819. The van der Waals surface area contributed by atoms with E-state index in [-0.39, 0.29) is 24.8 Å². The molecule has 2 aliphatic heterocycles. The normalized spacial score (nSPS) is 49.0. The van der Waals surface area contributed by atoms with Gasteiger partial charge in [-0.15, -0.1) is 0 Å². The number of hydrogen-bond acceptors (Lipinski definition) is 3. The molecule has 1 saturated heterocycles. The lowest BCUT2D eigenvalue weighted by Gasteiger charge is -2.47. The predicted octanol–water partition coefficient (Wildman–Crippen LogP) is 3.25. The van der Waals surface area contributed by atoms with Crippen LogP contribution in [0.4, 0.5) is 8.78 Å².